The molecule has 146 valence electrons. The standard InChI is InChI=1S/C22H25N3O3/c1-14-10-16(3)19-6-7-24(13-17(19)11-14)21(26)23-20-12-18(5-4-15(20)2)25-8-9-28-22(25)27/h4-5,10-12H,6-9,13H2,1-3H3,(H,23,26). The molecule has 6 heteroatoms. The van der Waals surface area contributed by atoms with Gasteiger partial charge in [0.1, 0.15) is 6.61 Å². The maximum Gasteiger partial charge on any atom is 0.414 e. The van der Waals surface area contributed by atoms with Gasteiger partial charge in [-0.05, 0) is 61.6 Å². The van der Waals surface area contributed by atoms with Crippen LogP contribution >= 0.6 is 0 Å². The van der Waals surface area contributed by atoms with Gasteiger partial charge < -0.3 is 15.0 Å². The average Bonchev–Trinajstić information content (AvgIpc) is 3.08. The summed E-state index contributed by atoms with van der Waals surface area (Å²) in [5.74, 6) is 0. The van der Waals surface area contributed by atoms with Crippen molar-refractivity contribution in [2.24, 2.45) is 0 Å². The summed E-state index contributed by atoms with van der Waals surface area (Å²) in [5.41, 5.74) is 7.51. The molecule has 1 saturated heterocycles. The summed E-state index contributed by atoms with van der Waals surface area (Å²) in [6.45, 7) is 8.39. The van der Waals surface area contributed by atoms with E-state index in [0.29, 0.717) is 31.9 Å². The van der Waals surface area contributed by atoms with E-state index in [9.17, 15) is 9.59 Å². The van der Waals surface area contributed by atoms with Crippen LogP contribution in [0.1, 0.15) is 27.8 Å². The van der Waals surface area contributed by atoms with E-state index in [1.165, 1.54) is 22.3 Å². The van der Waals surface area contributed by atoms with Crippen LogP contribution in [-0.4, -0.2) is 36.7 Å². The maximum atomic E-state index is 12.9. The number of ether oxygens (including phenoxy) is 1. The molecule has 0 saturated carbocycles. The molecule has 0 unspecified atom stereocenters. The molecule has 3 amide bonds. The molecular weight excluding hydrogens is 354 g/mol. The number of amides is 3. The minimum Gasteiger partial charge on any atom is -0.447 e. The minimum atomic E-state index is -0.348. The number of rotatable bonds is 2. The Hall–Kier alpha value is -3.02. The van der Waals surface area contributed by atoms with Crippen LogP contribution in [0.15, 0.2) is 30.3 Å². The van der Waals surface area contributed by atoms with Gasteiger partial charge in [0.15, 0.2) is 0 Å². The number of aryl methyl sites for hydroxylation is 3. The summed E-state index contributed by atoms with van der Waals surface area (Å²) < 4.78 is 5.01. The van der Waals surface area contributed by atoms with E-state index in [1.54, 1.807) is 4.90 Å². The second-order valence-corrected chi connectivity index (χ2v) is 7.59. The molecule has 2 aliphatic heterocycles. The smallest absolute Gasteiger partial charge is 0.414 e. The van der Waals surface area contributed by atoms with E-state index < -0.39 is 0 Å². The van der Waals surface area contributed by atoms with E-state index in [-0.39, 0.29) is 12.1 Å². The highest BCUT2D eigenvalue weighted by molar-refractivity contribution is 5.94. The van der Waals surface area contributed by atoms with Crippen LogP contribution in [0.2, 0.25) is 0 Å². The van der Waals surface area contributed by atoms with E-state index in [1.807, 2.05) is 30.0 Å². The van der Waals surface area contributed by atoms with E-state index in [0.717, 1.165) is 17.7 Å². The highest BCUT2D eigenvalue weighted by atomic mass is 16.6. The van der Waals surface area contributed by atoms with Crippen LogP contribution in [0.5, 0.6) is 0 Å². The highest BCUT2D eigenvalue weighted by Crippen LogP contribution is 2.27. The lowest BCUT2D eigenvalue weighted by Gasteiger charge is -2.30. The fourth-order valence-electron chi connectivity index (χ4n) is 4.02. The molecule has 0 spiro atoms. The first-order valence-corrected chi connectivity index (χ1v) is 9.62. The van der Waals surface area contributed by atoms with Gasteiger partial charge >= 0.3 is 12.1 Å². The second-order valence-electron chi connectivity index (χ2n) is 7.59. The molecule has 0 bridgehead atoms. The van der Waals surface area contributed by atoms with Crippen LogP contribution < -0.4 is 10.2 Å². The predicted molar refractivity (Wildman–Crippen MR) is 109 cm³/mol. The predicted octanol–water partition coefficient (Wildman–Crippen LogP) is 4.16. The topological polar surface area (TPSA) is 61.9 Å². The van der Waals surface area contributed by atoms with Crippen molar-refractivity contribution in [3.05, 3.63) is 58.1 Å². The summed E-state index contributed by atoms with van der Waals surface area (Å²) in [7, 11) is 0. The summed E-state index contributed by atoms with van der Waals surface area (Å²) >= 11 is 0. The number of nitrogens with zero attached hydrogens (tertiary/aromatic N) is 2. The number of cyclic esters (lactones) is 1. The quantitative estimate of drug-likeness (QED) is 0.852. The molecule has 1 N–H and O–H groups in total. The first kappa shape index (κ1) is 18.3. The van der Waals surface area contributed by atoms with Crippen molar-refractivity contribution in [3.63, 3.8) is 0 Å². The number of fused-ring (bicyclic) bond motifs is 1. The van der Waals surface area contributed by atoms with Gasteiger partial charge in [-0.2, -0.15) is 0 Å². The highest BCUT2D eigenvalue weighted by Gasteiger charge is 2.25. The number of anilines is 2. The van der Waals surface area contributed by atoms with Crippen LogP contribution in [0, 0.1) is 20.8 Å². The number of urea groups is 1. The first-order chi connectivity index (χ1) is 13.4. The summed E-state index contributed by atoms with van der Waals surface area (Å²) in [5, 5.41) is 3.03. The number of hydrogen-bond donors (Lipinski definition) is 1. The molecule has 2 aromatic rings. The van der Waals surface area contributed by atoms with Crippen molar-refractivity contribution in [2.45, 2.75) is 33.7 Å². The number of nitrogens with one attached hydrogen (secondary N) is 1. The van der Waals surface area contributed by atoms with Crippen LogP contribution in [-0.2, 0) is 17.7 Å². The number of hydrogen-bond acceptors (Lipinski definition) is 3. The number of carbonyl (C=O) groups excluding carboxylic acids is 2. The molecule has 0 atom stereocenters. The zero-order chi connectivity index (χ0) is 19.8. The summed E-state index contributed by atoms with van der Waals surface area (Å²) in [4.78, 5) is 28.2. The van der Waals surface area contributed by atoms with Crippen molar-refractivity contribution >= 4 is 23.5 Å². The molecule has 28 heavy (non-hydrogen) atoms. The van der Waals surface area contributed by atoms with Gasteiger partial charge in [-0.3, -0.25) is 4.90 Å². The van der Waals surface area contributed by atoms with Gasteiger partial charge in [0.2, 0.25) is 0 Å². The van der Waals surface area contributed by atoms with Gasteiger partial charge in [-0.15, -0.1) is 0 Å². The zero-order valence-corrected chi connectivity index (χ0v) is 16.5. The molecule has 0 aromatic heterocycles. The van der Waals surface area contributed by atoms with Gasteiger partial charge in [0.25, 0.3) is 0 Å². The Labute approximate surface area is 165 Å². The normalized spacial score (nSPS) is 16.0. The molecule has 0 aliphatic carbocycles. The lowest BCUT2D eigenvalue weighted by atomic mass is 9.93. The lowest BCUT2D eigenvalue weighted by molar-refractivity contribution is 0.181. The number of carbonyl (C=O) groups is 2. The average molecular weight is 379 g/mol. The molecule has 2 aliphatic rings. The van der Waals surface area contributed by atoms with E-state index in [2.05, 4.69) is 31.3 Å². The molecule has 1 fully saturated rings. The lowest BCUT2D eigenvalue weighted by Crippen LogP contribution is -2.39. The Morgan fingerprint density at radius 2 is 1.89 bits per heavy atom. The third-order valence-corrected chi connectivity index (χ3v) is 5.53. The largest absolute Gasteiger partial charge is 0.447 e. The van der Waals surface area contributed by atoms with Gasteiger partial charge in [-0.1, -0.05) is 23.8 Å². The fourth-order valence-corrected chi connectivity index (χ4v) is 4.02. The maximum absolute atomic E-state index is 12.9. The Morgan fingerprint density at radius 3 is 2.64 bits per heavy atom. The van der Waals surface area contributed by atoms with Gasteiger partial charge in [0.05, 0.1) is 6.54 Å². The van der Waals surface area contributed by atoms with Crippen molar-refractivity contribution in [2.75, 3.05) is 29.9 Å². The minimum absolute atomic E-state index is 0.117. The van der Waals surface area contributed by atoms with Crippen LogP contribution in [0.4, 0.5) is 21.0 Å². The van der Waals surface area contributed by atoms with Crippen LogP contribution in [0.3, 0.4) is 0 Å². The van der Waals surface area contributed by atoms with Gasteiger partial charge in [-0.25, -0.2) is 9.59 Å². The molecule has 2 heterocycles. The zero-order valence-electron chi connectivity index (χ0n) is 16.5. The third-order valence-electron chi connectivity index (χ3n) is 5.53. The van der Waals surface area contributed by atoms with E-state index in [4.69, 9.17) is 4.74 Å². The van der Waals surface area contributed by atoms with E-state index >= 15 is 0 Å². The fraction of sp³-hybridized carbons (Fsp3) is 0.364. The summed E-state index contributed by atoms with van der Waals surface area (Å²) in [6, 6.07) is 9.88. The van der Waals surface area contributed by atoms with Crippen molar-refractivity contribution < 1.29 is 14.3 Å². The Balaban J connectivity index is 1.51. The monoisotopic (exact) mass is 379 g/mol. The van der Waals surface area contributed by atoms with Crippen molar-refractivity contribution in [1.82, 2.24) is 4.90 Å². The SMILES string of the molecule is Cc1cc(C)c2c(c1)CN(C(=O)Nc1cc(N3CCOC3=O)ccc1C)CC2. The van der Waals surface area contributed by atoms with Gasteiger partial charge in [0, 0.05) is 24.5 Å². The first-order valence-electron chi connectivity index (χ1n) is 9.62. The number of benzene rings is 2. The third kappa shape index (κ3) is 3.42. The molecule has 6 nitrogen and oxygen atoms in total. The van der Waals surface area contributed by atoms with Crippen molar-refractivity contribution in [3.8, 4) is 0 Å². The molecule has 2 aromatic carbocycles. The molecule has 0 radical (unpaired) electrons. The van der Waals surface area contributed by atoms with Crippen LogP contribution in [0.25, 0.3) is 0 Å². The summed E-state index contributed by atoms with van der Waals surface area (Å²) in [6.07, 6.45) is 0.521. The Bertz CT molecular complexity index is 954. The Kier molecular flexibility index (Phi) is 4.71. The second kappa shape index (κ2) is 7.19. The molecule has 4 rings (SSSR count). The van der Waals surface area contributed by atoms with Crippen molar-refractivity contribution in [1.29, 1.82) is 0 Å². The molecular formula is C22H25N3O3. The Morgan fingerprint density at radius 1 is 1.07 bits per heavy atom.